The number of fused-ring (bicyclic) bond motifs is 1. The highest BCUT2D eigenvalue weighted by molar-refractivity contribution is 6.30. The van der Waals surface area contributed by atoms with Crippen LogP contribution in [0.1, 0.15) is 39.5 Å². The molecule has 0 aliphatic carbocycles. The number of likely N-dealkylation sites (tertiary alicyclic amines) is 1. The molecule has 6 atom stereocenters. The lowest BCUT2D eigenvalue weighted by atomic mass is 9.66. The fraction of sp³-hybridized carbons (Fsp3) is 0.536. The summed E-state index contributed by atoms with van der Waals surface area (Å²) >= 11 is 6.08. The molecule has 9 heteroatoms. The van der Waals surface area contributed by atoms with Crippen molar-refractivity contribution in [2.45, 2.75) is 62.8 Å². The molecule has 3 saturated heterocycles. The van der Waals surface area contributed by atoms with Crippen molar-refractivity contribution in [3.63, 3.8) is 0 Å². The predicted octanol–water partition coefficient (Wildman–Crippen LogP) is 3.51. The first-order valence-corrected chi connectivity index (χ1v) is 13.2. The van der Waals surface area contributed by atoms with Crippen LogP contribution in [0.2, 0.25) is 5.02 Å². The fourth-order valence-corrected chi connectivity index (χ4v) is 6.49. The van der Waals surface area contributed by atoms with Gasteiger partial charge in [-0.3, -0.25) is 14.4 Å². The molecule has 2 bridgehead atoms. The van der Waals surface area contributed by atoms with E-state index in [0.717, 1.165) is 0 Å². The van der Waals surface area contributed by atoms with E-state index in [9.17, 15) is 19.5 Å². The van der Waals surface area contributed by atoms with Crippen LogP contribution in [0.4, 0.5) is 5.69 Å². The number of ether oxygens (including phenoxy) is 2. The first-order chi connectivity index (χ1) is 17.7. The molecular weight excluding hydrogens is 496 g/mol. The molecular formula is C28H35ClN2O6. The monoisotopic (exact) mass is 530 g/mol. The Morgan fingerprint density at radius 1 is 1.30 bits per heavy atom. The molecule has 3 aliphatic rings. The van der Waals surface area contributed by atoms with E-state index in [1.54, 1.807) is 41.3 Å². The molecule has 2 amide bonds. The number of esters is 1. The summed E-state index contributed by atoms with van der Waals surface area (Å²) in [6, 6.07) is 5.22. The van der Waals surface area contributed by atoms with Crippen LogP contribution in [-0.2, 0) is 23.9 Å². The molecule has 1 aromatic rings. The second-order valence-electron chi connectivity index (χ2n) is 10.2. The standard InChI is InChI=1S/C28H35ClN2O6/c1-5-8-16-36-26(35)22-21-24(33)31(19(7-3)17-32)23(28(21)14-13-27(22,4)37-28)25(34)30(15-6-2)20-11-9-18(29)10-12-20/h5-6,9-12,19,21-23,32H,1-2,7-8,13-17H2,3-4H3/t19-,21-,22+,23?,27-,28?/m0/s1. The van der Waals surface area contributed by atoms with E-state index in [0.29, 0.717) is 36.4 Å². The lowest BCUT2D eigenvalue weighted by molar-refractivity contribution is -0.160. The summed E-state index contributed by atoms with van der Waals surface area (Å²) in [6.45, 7) is 11.2. The molecule has 1 N–H and O–H groups in total. The predicted molar refractivity (Wildman–Crippen MR) is 140 cm³/mol. The van der Waals surface area contributed by atoms with Crippen molar-refractivity contribution in [1.82, 2.24) is 4.90 Å². The summed E-state index contributed by atoms with van der Waals surface area (Å²) in [5.74, 6) is -2.95. The van der Waals surface area contributed by atoms with E-state index in [4.69, 9.17) is 21.1 Å². The van der Waals surface area contributed by atoms with Crippen LogP contribution in [0.5, 0.6) is 0 Å². The molecule has 2 unspecified atom stereocenters. The van der Waals surface area contributed by atoms with Gasteiger partial charge in [-0.15, -0.1) is 13.2 Å². The van der Waals surface area contributed by atoms with Crippen molar-refractivity contribution in [2.24, 2.45) is 11.8 Å². The lowest BCUT2D eigenvalue weighted by Gasteiger charge is -2.39. The highest BCUT2D eigenvalue weighted by Gasteiger charge is 2.79. The zero-order valence-corrected chi connectivity index (χ0v) is 22.2. The van der Waals surface area contributed by atoms with Crippen LogP contribution in [0.25, 0.3) is 0 Å². The van der Waals surface area contributed by atoms with E-state index >= 15 is 0 Å². The van der Waals surface area contributed by atoms with Crippen molar-refractivity contribution < 1.29 is 29.0 Å². The molecule has 1 spiro atoms. The van der Waals surface area contributed by atoms with Gasteiger partial charge in [0.05, 0.1) is 30.8 Å². The number of aliphatic hydroxyl groups excluding tert-OH is 1. The molecule has 200 valence electrons. The van der Waals surface area contributed by atoms with E-state index in [-0.39, 0.29) is 31.6 Å². The van der Waals surface area contributed by atoms with Crippen LogP contribution in [-0.4, -0.2) is 70.8 Å². The fourth-order valence-electron chi connectivity index (χ4n) is 6.36. The molecule has 0 saturated carbocycles. The zero-order chi connectivity index (χ0) is 27.0. The van der Waals surface area contributed by atoms with Crippen molar-refractivity contribution in [3.8, 4) is 0 Å². The van der Waals surface area contributed by atoms with Crippen LogP contribution in [0.3, 0.4) is 0 Å². The molecule has 3 aliphatic heterocycles. The third-order valence-corrected chi connectivity index (χ3v) is 8.31. The summed E-state index contributed by atoms with van der Waals surface area (Å²) in [5, 5.41) is 10.7. The number of hydrogen-bond donors (Lipinski definition) is 1. The average molecular weight is 531 g/mol. The number of carbonyl (C=O) groups is 3. The van der Waals surface area contributed by atoms with Gasteiger partial charge in [0, 0.05) is 17.3 Å². The van der Waals surface area contributed by atoms with Crippen molar-refractivity contribution in [2.75, 3.05) is 24.7 Å². The number of rotatable bonds is 11. The van der Waals surface area contributed by atoms with Gasteiger partial charge in [-0.1, -0.05) is 30.7 Å². The summed E-state index contributed by atoms with van der Waals surface area (Å²) in [5.41, 5.74) is -1.54. The van der Waals surface area contributed by atoms with Gasteiger partial charge < -0.3 is 24.4 Å². The van der Waals surface area contributed by atoms with Crippen LogP contribution in [0.15, 0.2) is 49.6 Å². The maximum Gasteiger partial charge on any atom is 0.312 e. The van der Waals surface area contributed by atoms with E-state index in [2.05, 4.69) is 13.2 Å². The largest absolute Gasteiger partial charge is 0.465 e. The summed E-state index contributed by atoms with van der Waals surface area (Å²) in [4.78, 5) is 44.8. The summed E-state index contributed by atoms with van der Waals surface area (Å²) in [7, 11) is 0. The van der Waals surface area contributed by atoms with Gasteiger partial charge >= 0.3 is 5.97 Å². The Kier molecular flexibility index (Phi) is 7.83. The molecule has 0 aromatic heterocycles. The number of amides is 2. The second kappa shape index (κ2) is 10.6. The van der Waals surface area contributed by atoms with Gasteiger partial charge in [-0.05, 0) is 56.9 Å². The Hall–Kier alpha value is -2.68. The van der Waals surface area contributed by atoms with Crippen molar-refractivity contribution >= 4 is 35.1 Å². The van der Waals surface area contributed by atoms with Crippen LogP contribution in [0, 0.1) is 11.8 Å². The van der Waals surface area contributed by atoms with Gasteiger partial charge in [0.25, 0.3) is 5.91 Å². The maximum absolute atomic E-state index is 14.4. The summed E-state index contributed by atoms with van der Waals surface area (Å²) < 4.78 is 12.1. The molecule has 4 rings (SSSR count). The summed E-state index contributed by atoms with van der Waals surface area (Å²) in [6.07, 6.45) is 5.14. The van der Waals surface area contributed by atoms with Crippen LogP contribution < -0.4 is 4.90 Å². The Labute approximate surface area is 222 Å². The number of halogens is 1. The SMILES string of the molecule is C=CCCOC(=O)[C@H]1[C@H]2C(=O)N([C@@H](CC)CO)C(C(=O)N(CC=C)c3ccc(Cl)cc3)C23CC[C@]1(C)O3. The van der Waals surface area contributed by atoms with Crippen molar-refractivity contribution in [3.05, 3.63) is 54.6 Å². The van der Waals surface area contributed by atoms with E-state index in [1.807, 2.05) is 13.8 Å². The van der Waals surface area contributed by atoms with Gasteiger partial charge in [0.1, 0.15) is 17.6 Å². The third kappa shape index (κ3) is 4.39. The zero-order valence-electron chi connectivity index (χ0n) is 21.4. The Morgan fingerprint density at radius 2 is 2.00 bits per heavy atom. The van der Waals surface area contributed by atoms with Gasteiger partial charge in [-0.2, -0.15) is 0 Å². The first kappa shape index (κ1) is 27.4. The molecule has 3 heterocycles. The quantitative estimate of drug-likeness (QED) is 0.267. The number of aliphatic hydroxyl groups is 1. The Bertz CT molecular complexity index is 1070. The smallest absolute Gasteiger partial charge is 0.312 e. The van der Waals surface area contributed by atoms with Crippen molar-refractivity contribution in [1.29, 1.82) is 0 Å². The third-order valence-electron chi connectivity index (χ3n) is 8.06. The number of anilines is 1. The average Bonchev–Trinajstić information content (AvgIpc) is 3.45. The lowest BCUT2D eigenvalue weighted by Crippen LogP contribution is -2.59. The van der Waals surface area contributed by atoms with Gasteiger partial charge in [-0.25, -0.2) is 0 Å². The second-order valence-corrected chi connectivity index (χ2v) is 10.6. The highest BCUT2D eigenvalue weighted by Crippen LogP contribution is 2.63. The maximum atomic E-state index is 14.4. The van der Waals surface area contributed by atoms with Gasteiger partial charge in [0.2, 0.25) is 5.91 Å². The minimum Gasteiger partial charge on any atom is -0.465 e. The van der Waals surface area contributed by atoms with Crippen LogP contribution >= 0.6 is 11.6 Å². The molecule has 37 heavy (non-hydrogen) atoms. The molecule has 0 radical (unpaired) electrons. The topological polar surface area (TPSA) is 96.4 Å². The molecule has 8 nitrogen and oxygen atoms in total. The van der Waals surface area contributed by atoms with E-state index < -0.39 is 41.1 Å². The Morgan fingerprint density at radius 3 is 2.59 bits per heavy atom. The van der Waals surface area contributed by atoms with E-state index in [1.165, 1.54) is 4.90 Å². The first-order valence-electron chi connectivity index (χ1n) is 12.8. The number of nitrogens with zero attached hydrogens (tertiary/aromatic N) is 2. The van der Waals surface area contributed by atoms with Gasteiger partial charge in [0.15, 0.2) is 0 Å². The molecule has 3 fully saturated rings. The Balaban J connectivity index is 1.79. The minimum absolute atomic E-state index is 0.160. The number of benzene rings is 1. The highest BCUT2D eigenvalue weighted by atomic mass is 35.5. The number of hydrogen-bond acceptors (Lipinski definition) is 6. The minimum atomic E-state index is -1.21. The number of carbonyl (C=O) groups excluding carboxylic acids is 3. The normalized spacial score (nSPS) is 30.6. The molecule has 1 aromatic carbocycles.